The van der Waals surface area contributed by atoms with Crippen LogP contribution in [0.15, 0.2) is 18.3 Å². The van der Waals surface area contributed by atoms with Gasteiger partial charge in [-0.3, -0.25) is 9.59 Å². The molecule has 0 saturated carbocycles. The molecule has 1 N–H and O–H groups in total. The Morgan fingerprint density at radius 2 is 2.20 bits per heavy atom. The molecule has 0 radical (unpaired) electrons. The van der Waals surface area contributed by atoms with Crippen molar-refractivity contribution in [3.8, 4) is 6.07 Å². The van der Waals surface area contributed by atoms with Gasteiger partial charge in [0.25, 0.3) is 0 Å². The largest absolute Gasteiger partial charge is 0.353 e. The summed E-state index contributed by atoms with van der Waals surface area (Å²) >= 11 is 0. The van der Waals surface area contributed by atoms with Crippen molar-refractivity contribution in [3.63, 3.8) is 0 Å². The van der Waals surface area contributed by atoms with E-state index in [1.54, 1.807) is 17.0 Å². The minimum Gasteiger partial charge on any atom is -0.353 e. The maximum Gasteiger partial charge on any atom is 0.312 e. The first-order chi connectivity index (χ1) is 9.69. The van der Waals surface area contributed by atoms with Crippen LogP contribution in [0.5, 0.6) is 0 Å². The van der Waals surface area contributed by atoms with Gasteiger partial charge in [-0.2, -0.15) is 5.26 Å². The van der Waals surface area contributed by atoms with Crippen molar-refractivity contribution in [2.45, 2.75) is 6.04 Å². The van der Waals surface area contributed by atoms with E-state index in [-0.39, 0.29) is 6.04 Å². The number of hydrogen-bond acceptors (Lipinski definition) is 5. The van der Waals surface area contributed by atoms with Crippen molar-refractivity contribution in [2.75, 3.05) is 31.1 Å². The highest BCUT2D eigenvalue weighted by atomic mass is 16.2. The number of anilines is 1. The first kappa shape index (κ1) is 12.4. The number of amides is 2. The van der Waals surface area contributed by atoms with Gasteiger partial charge in [-0.25, -0.2) is 4.98 Å². The lowest BCUT2D eigenvalue weighted by Crippen LogP contribution is -2.65. The van der Waals surface area contributed by atoms with Gasteiger partial charge in [0.15, 0.2) is 0 Å². The zero-order valence-electron chi connectivity index (χ0n) is 10.7. The van der Waals surface area contributed by atoms with Gasteiger partial charge in [-0.15, -0.1) is 0 Å². The molecule has 0 aromatic carbocycles. The number of nitrogens with one attached hydrogen (secondary N) is 1. The minimum absolute atomic E-state index is 0.0219. The zero-order chi connectivity index (χ0) is 14.1. The molecule has 0 aliphatic carbocycles. The Morgan fingerprint density at radius 1 is 1.35 bits per heavy atom. The normalized spacial score (nSPS) is 22.1. The van der Waals surface area contributed by atoms with E-state index in [1.165, 1.54) is 6.20 Å². The molecule has 7 heteroatoms. The van der Waals surface area contributed by atoms with Gasteiger partial charge in [0.05, 0.1) is 11.6 Å². The number of hydrogen-bond donors (Lipinski definition) is 1. The summed E-state index contributed by atoms with van der Waals surface area (Å²) in [6.07, 6.45) is 1.54. The van der Waals surface area contributed by atoms with E-state index in [9.17, 15) is 9.59 Å². The Hall–Kier alpha value is -2.62. The molecule has 1 aromatic heterocycles. The van der Waals surface area contributed by atoms with Crippen LogP contribution in [0.1, 0.15) is 5.56 Å². The Kier molecular flexibility index (Phi) is 2.99. The first-order valence-electron chi connectivity index (χ1n) is 6.39. The number of nitrogens with zero attached hydrogens (tertiary/aromatic N) is 4. The number of pyridine rings is 1. The summed E-state index contributed by atoms with van der Waals surface area (Å²) in [4.78, 5) is 31.0. The SMILES string of the molecule is N#Cc1ccc(N2CCN3C(=O)C(=O)NC[C@H]3C2)nc1. The molecule has 1 atom stereocenters. The van der Waals surface area contributed by atoms with E-state index < -0.39 is 11.8 Å². The molecular weight excluding hydrogens is 258 g/mol. The second-order valence-electron chi connectivity index (χ2n) is 4.83. The fraction of sp³-hybridized carbons (Fsp3) is 0.385. The third-order valence-corrected chi connectivity index (χ3v) is 3.64. The molecule has 0 bridgehead atoms. The van der Waals surface area contributed by atoms with Crippen LogP contribution in [0.2, 0.25) is 0 Å². The second kappa shape index (κ2) is 4.81. The Bertz CT molecular complexity index is 592. The highest BCUT2D eigenvalue weighted by molar-refractivity contribution is 6.35. The van der Waals surface area contributed by atoms with E-state index in [4.69, 9.17) is 5.26 Å². The van der Waals surface area contributed by atoms with Crippen LogP contribution in [0.4, 0.5) is 5.82 Å². The minimum atomic E-state index is -0.522. The van der Waals surface area contributed by atoms with Gasteiger partial charge >= 0.3 is 11.8 Å². The van der Waals surface area contributed by atoms with E-state index in [0.29, 0.717) is 31.7 Å². The Balaban J connectivity index is 1.74. The smallest absolute Gasteiger partial charge is 0.312 e. The van der Waals surface area contributed by atoms with Crippen molar-refractivity contribution < 1.29 is 9.59 Å². The molecular formula is C13H13N5O2. The van der Waals surface area contributed by atoms with Gasteiger partial charge in [-0.1, -0.05) is 0 Å². The summed E-state index contributed by atoms with van der Waals surface area (Å²) in [6, 6.07) is 5.54. The van der Waals surface area contributed by atoms with Crippen LogP contribution in [0.3, 0.4) is 0 Å². The lowest BCUT2D eigenvalue weighted by Gasteiger charge is -2.43. The van der Waals surface area contributed by atoms with Gasteiger partial charge in [0.2, 0.25) is 0 Å². The van der Waals surface area contributed by atoms with Crippen LogP contribution >= 0.6 is 0 Å². The van der Waals surface area contributed by atoms with E-state index in [1.807, 2.05) is 6.07 Å². The molecule has 2 fully saturated rings. The van der Waals surface area contributed by atoms with Crippen LogP contribution < -0.4 is 10.2 Å². The molecule has 2 aliphatic heterocycles. The molecule has 20 heavy (non-hydrogen) atoms. The molecule has 102 valence electrons. The van der Waals surface area contributed by atoms with Crippen molar-refractivity contribution in [1.29, 1.82) is 5.26 Å². The summed E-state index contributed by atoms with van der Waals surface area (Å²) in [7, 11) is 0. The number of fused-ring (bicyclic) bond motifs is 1. The standard InChI is InChI=1S/C13H13N5O2/c14-5-9-1-2-11(15-6-9)17-3-4-18-10(8-17)7-16-12(19)13(18)20/h1-2,6,10H,3-4,7-8H2,(H,16,19)/t10-/m0/s1. The van der Waals surface area contributed by atoms with E-state index in [2.05, 4.69) is 15.2 Å². The second-order valence-corrected chi connectivity index (χ2v) is 4.83. The lowest BCUT2D eigenvalue weighted by molar-refractivity contribution is -0.150. The van der Waals surface area contributed by atoms with Crippen LogP contribution in [-0.4, -0.2) is 53.9 Å². The third-order valence-electron chi connectivity index (χ3n) is 3.64. The third kappa shape index (κ3) is 2.05. The molecule has 3 heterocycles. The predicted octanol–water partition coefficient (Wildman–Crippen LogP) is -0.900. The number of rotatable bonds is 1. The quantitative estimate of drug-likeness (QED) is 0.669. The average molecular weight is 271 g/mol. The van der Waals surface area contributed by atoms with Crippen LogP contribution in [0.25, 0.3) is 0 Å². The van der Waals surface area contributed by atoms with Gasteiger partial charge < -0.3 is 15.1 Å². The first-order valence-corrected chi connectivity index (χ1v) is 6.39. The maximum atomic E-state index is 11.7. The van der Waals surface area contributed by atoms with Gasteiger partial charge in [-0.05, 0) is 12.1 Å². The lowest BCUT2D eigenvalue weighted by atomic mass is 10.1. The molecule has 2 aliphatic rings. The molecule has 1 aromatic rings. The summed E-state index contributed by atoms with van der Waals surface area (Å²) in [5, 5.41) is 11.4. The fourth-order valence-electron chi connectivity index (χ4n) is 2.56. The Morgan fingerprint density at radius 3 is 2.90 bits per heavy atom. The van der Waals surface area contributed by atoms with Crippen molar-refractivity contribution in [2.24, 2.45) is 0 Å². The molecule has 0 unspecified atom stereocenters. The maximum absolute atomic E-state index is 11.7. The predicted molar refractivity (Wildman–Crippen MR) is 69.7 cm³/mol. The summed E-state index contributed by atoms with van der Waals surface area (Å²) < 4.78 is 0. The number of carbonyl (C=O) groups excluding carboxylic acids is 2. The highest BCUT2D eigenvalue weighted by Gasteiger charge is 2.37. The molecule has 3 rings (SSSR count). The van der Waals surface area contributed by atoms with Gasteiger partial charge in [0.1, 0.15) is 11.9 Å². The number of piperazine rings is 2. The average Bonchev–Trinajstić information content (AvgIpc) is 2.51. The van der Waals surface area contributed by atoms with Gasteiger partial charge in [0, 0.05) is 32.4 Å². The zero-order valence-corrected chi connectivity index (χ0v) is 10.7. The molecule has 2 saturated heterocycles. The Labute approximate surface area is 115 Å². The van der Waals surface area contributed by atoms with Crippen molar-refractivity contribution in [3.05, 3.63) is 23.9 Å². The van der Waals surface area contributed by atoms with Crippen LogP contribution in [-0.2, 0) is 9.59 Å². The number of aromatic nitrogens is 1. The molecule has 7 nitrogen and oxygen atoms in total. The molecule has 0 spiro atoms. The summed E-state index contributed by atoms with van der Waals surface area (Å²) in [5.41, 5.74) is 0.521. The van der Waals surface area contributed by atoms with Crippen molar-refractivity contribution in [1.82, 2.24) is 15.2 Å². The van der Waals surface area contributed by atoms with Crippen LogP contribution in [0, 0.1) is 11.3 Å². The van der Waals surface area contributed by atoms with Crippen molar-refractivity contribution >= 4 is 17.6 Å². The fourth-order valence-corrected chi connectivity index (χ4v) is 2.56. The monoisotopic (exact) mass is 271 g/mol. The summed E-state index contributed by atoms with van der Waals surface area (Å²) in [5.74, 6) is -0.187. The van der Waals surface area contributed by atoms with E-state index in [0.717, 1.165) is 5.82 Å². The highest BCUT2D eigenvalue weighted by Crippen LogP contribution is 2.18. The van der Waals surface area contributed by atoms with E-state index >= 15 is 0 Å². The number of nitriles is 1. The molecule has 2 amide bonds. The summed E-state index contributed by atoms with van der Waals surface area (Å²) in [6.45, 7) is 2.25. The number of carbonyl (C=O) groups is 2. The topological polar surface area (TPSA) is 89.3 Å².